The molecule has 0 fully saturated rings. The van der Waals surface area contributed by atoms with Gasteiger partial charge in [-0.05, 0) is 72.5 Å². The summed E-state index contributed by atoms with van der Waals surface area (Å²) in [5.74, 6) is 0.194. The number of aromatic carboxylic acids is 1. The molecule has 0 unspecified atom stereocenters. The van der Waals surface area contributed by atoms with Crippen LogP contribution in [-0.2, 0) is 5.41 Å². The van der Waals surface area contributed by atoms with E-state index in [1.165, 1.54) is 12.1 Å². The van der Waals surface area contributed by atoms with Gasteiger partial charge in [-0.15, -0.1) is 0 Å². The molecule has 5 nitrogen and oxygen atoms in total. The van der Waals surface area contributed by atoms with Crippen LogP contribution in [0.1, 0.15) is 48.2 Å². The Morgan fingerprint density at radius 1 is 0.844 bits per heavy atom. The third-order valence-electron chi connectivity index (χ3n) is 5.41. The number of unbranched alkanes of at least 4 members (excludes halogenated alkanes) is 1. The van der Waals surface area contributed by atoms with E-state index >= 15 is 0 Å². The molecule has 0 aliphatic carbocycles. The van der Waals surface area contributed by atoms with Crippen molar-refractivity contribution in [2.45, 2.75) is 32.1 Å². The largest absolute Gasteiger partial charge is 0.507 e. The summed E-state index contributed by atoms with van der Waals surface area (Å²) in [5, 5.41) is 19.7. The van der Waals surface area contributed by atoms with E-state index in [1.54, 1.807) is 18.2 Å². The fourth-order valence-electron chi connectivity index (χ4n) is 3.35. The van der Waals surface area contributed by atoms with Crippen molar-refractivity contribution < 1.29 is 24.5 Å². The van der Waals surface area contributed by atoms with Crippen molar-refractivity contribution in [3.05, 3.63) is 88.4 Å². The van der Waals surface area contributed by atoms with Crippen molar-refractivity contribution in [1.29, 1.82) is 0 Å². The van der Waals surface area contributed by atoms with Gasteiger partial charge in [-0.3, -0.25) is 0 Å². The molecule has 0 aliphatic heterocycles. The minimum atomic E-state index is -1.15. The summed E-state index contributed by atoms with van der Waals surface area (Å²) in [6.07, 6.45) is 1.74. The number of carbonyl (C=O) groups is 1. The highest BCUT2D eigenvalue weighted by Crippen LogP contribution is 2.34. The number of ether oxygens (including phenoxy) is 2. The fraction of sp³-hybridized carbons (Fsp3) is 0.269. The highest BCUT2D eigenvalue weighted by molar-refractivity contribution is 6.30. The van der Waals surface area contributed by atoms with Gasteiger partial charge in [-0.25, -0.2) is 4.79 Å². The van der Waals surface area contributed by atoms with Crippen LogP contribution in [0.2, 0.25) is 5.02 Å². The number of rotatable bonds is 10. The second-order valence-corrected chi connectivity index (χ2v) is 8.48. The van der Waals surface area contributed by atoms with Crippen LogP contribution in [0.3, 0.4) is 0 Å². The molecule has 0 heterocycles. The van der Waals surface area contributed by atoms with Gasteiger partial charge in [-0.2, -0.15) is 0 Å². The lowest BCUT2D eigenvalue weighted by Crippen LogP contribution is -2.19. The second kappa shape index (κ2) is 10.4. The number of halogens is 1. The molecule has 0 saturated carbocycles. The summed E-state index contributed by atoms with van der Waals surface area (Å²) in [5.41, 5.74) is 1.29. The van der Waals surface area contributed by atoms with Gasteiger partial charge in [0.25, 0.3) is 0 Å². The first-order chi connectivity index (χ1) is 15.3. The first kappa shape index (κ1) is 23.5. The van der Waals surface area contributed by atoms with E-state index in [0.29, 0.717) is 18.2 Å². The molecule has 0 radical (unpaired) electrons. The lowest BCUT2D eigenvalue weighted by atomic mass is 9.77. The van der Waals surface area contributed by atoms with Crippen molar-refractivity contribution in [3.8, 4) is 17.2 Å². The van der Waals surface area contributed by atoms with Gasteiger partial charge >= 0.3 is 5.97 Å². The molecule has 0 spiro atoms. The van der Waals surface area contributed by atoms with Gasteiger partial charge in [0.2, 0.25) is 0 Å². The molecule has 0 aromatic heterocycles. The van der Waals surface area contributed by atoms with Crippen LogP contribution in [0.5, 0.6) is 17.2 Å². The van der Waals surface area contributed by atoms with E-state index < -0.39 is 11.4 Å². The summed E-state index contributed by atoms with van der Waals surface area (Å²) in [4.78, 5) is 11.3. The summed E-state index contributed by atoms with van der Waals surface area (Å²) in [6, 6.07) is 19.8. The van der Waals surface area contributed by atoms with Crippen molar-refractivity contribution in [3.63, 3.8) is 0 Å². The van der Waals surface area contributed by atoms with Crippen molar-refractivity contribution in [2.24, 2.45) is 0 Å². The molecule has 168 valence electrons. The van der Waals surface area contributed by atoms with Gasteiger partial charge in [0.15, 0.2) is 0 Å². The minimum Gasteiger partial charge on any atom is -0.507 e. The SMILES string of the molecule is CC(C)(c1ccc(OCCCCOc2ccc(Cl)cc2)cc1)c1ccc(O)c(C(=O)O)c1. The molecular weight excluding hydrogens is 428 g/mol. The molecule has 3 rings (SSSR count). The van der Waals surface area contributed by atoms with Crippen LogP contribution >= 0.6 is 11.6 Å². The molecule has 0 atom stereocenters. The standard InChI is InChI=1S/C26H27ClO5/c1-26(2,19-7-14-24(28)23(17-19)25(29)30)18-5-10-21(11-6-18)31-15-3-4-16-32-22-12-8-20(27)9-13-22/h5-14,17,28H,3-4,15-16H2,1-2H3,(H,29,30). The Balaban J connectivity index is 1.50. The Morgan fingerprint density at radius 2 is 1.34 bits per heavy atom. The van der Waals surface area contributed by atoms with E-state index in [2.05, 4.69) is 0 Å². The van der Waals surface area contributed by atoms with Crippen molar-refractivity contribution >= 4 is 17.6 Å². The maximum atomic E-state index is 11.3. The lowest BCUT2D eigenvalue weighted by Gasteiger charge is -2.27. The van der Waals surface area contributed by atoms with Crippen LogP contribution in [0, 0.1) is 0 Å². The van der Waals surface area contributed by atoms with Crippen LogP contribution in [0.15, 0.2) is 66.7 Å². The molecular formula is C26H27ClO5. The Morgan fingerprint density at radius 3 is 1.88 bits per heavy atom. The Kier molecular flexibility index (Phi) is 7.65. The van der Waals surface area contributed by atoms with E-state index in [1.807, 2.05) is 50.2 Å². The van der Waals surface area contributed by atoms with Gasteiger partial charge < -0.3 is 19.7 Å². The normalized spacial score (nSPS) is 11.2. The van der Waals surface area contributed by atoms with Crippen molar-refractivity contribution in [2.75, 3.05) is 13.2 Å². The van der Waals surface area contributed by atoms with Crippen LogP contribution in [0.4, 0.5) is 0 Å². The third-order valence-corrected chi connectivity index (χ3v) is 5.67. The average molecular weight is 455 g/mol. The van der Waals surface area contributed by atoms with Crippen LogP contribution in [-0.4, -0.2) is 29.4 Å². The molecule has 3 aromatic carbocycles. The molecule has 32 heavy (non-hydrogen) atoms. The topological polar surface area (TPSA) is 76.0 Å². The van der Waals surface area contributed by atoms with Gasteiger partial charge in [0, 0.05) is 10.4 Å². The van der Waals surface area contributed by atoms with Crippen LogP contribution < -0.4 is 9.47 Å². The first-order valence-corrected chi connectivity index (χ1v) is 10.8. The molecule has 6 heteroatoms. The minimum absolute atomic E-state index is 0.101. The third kappa shape index (κ3) is 5.95. The Bertz CT molecular complexity index is 1040. The number of aromatic hydroxyl groups is 1. The van der Waals surface area contributed by atoms with Crippen molar-refractivity contribution in [1.82, 2.24) is 0 Å². The quantitative estimate of drug-likeness (QED) is 0.351. The summed E-state index contributed by atoms with van der Waals surface area (Å²) < 4.78 is 11.5. The lowest BCUT2D eigenvalue weighted by molar-refractivity contribution is 0.0693. The average Bonchev–Trinajstić information content (AvgIpc) is 2.77. The number of hydrogen-bond acceptors (Lipinski definition) is 4. The predicted octanol–water partition coefficient (Wildman–Crippen LogP) is 6.31. The highest BCUT2D eigenvalue weighted by Gasteiger charge is 2.25. The molecule has 2 N–H and O–H groups in total. The molecule has 0 aliphatic rings. The number of carboxylic acids is 1. The van der Waals surface area contributed by atoms with E-state index in [9.17, 15) is 15.0 Å². The van der Waals surface area contributed by atoms with Gasteiger partial charge in [0.1, 0.15) is 22.8 Å². The molecule has 0 amide bonds. The number of benzene rings is 3. The summed E-state index contributed by atoms with van der Waals surface area (Å²) in [7, 11) is 0. The van der Waals surface area contributed by atoms with Gasteiger partial charge in [0.05, 0.1) is 13.2 Å². The maximum absolute atomic E-state index is 11.3. The smallest absolute Gasteiger partial charge is 0.339 e. The summed E-state index contributed by atoms with van der Waals surface area (Å²) in [6.45, 7) is 5.23. The first-order valence-electron chi connectivity index (χ1n) is 10.5. The molecule has 3 aromatic rings. The van der Waals surface area contributed by atoms with E-state index in [0.717, 1.165) is 35.5 Å². The maximum Gasteiger partial charge on any atom is 0.339 e. The monoisotopic (exact) mass is 454 g/mol. The highest BCUT2D eigenvalue weighted by atomic mass is 35.5. The zero-order valence-corrected chi connectivity index (χ0v) is 18.9. The zero-order chi connectivity index (χ0) is 23.1. The van der Waals surface area contributed by atoms with E-state index in [4.69, 9.17) is 21.1 Å². The molecule has 0 saturated heterocycles. The molecule has 0 bridgehead atoms. The van der Waals surface area contributed by atoms with Crippen LogP contribution in [0.25, 0.3) is 0 Å². The number of carboxylic acid groups (broad SMARTS) is 1. The second-order valence-electron chi connectivity index (χ2n) is 8.04. The van der Waals surface area contributed by atoms with E-state index in [-0.39, 0.29) is 11.3 Å². The summed E-state index contributed by atoms with van der Waals surface area (Å²) >= 11 is 5.86. The Labute approximate surface area is 193 Å². The zero-order valence-electron chi connectivity index (χ0n) is 18.2. The number of phenols is 1. The fourth-order valence-corrected chi connectivity index (χ4v) is 3.47. The van der Waals surface area contributed by atoms with Gasteiger partial charge in [-0.1, -0.05) is 43.6 Å². The predicted molar refractivity (Wildman–Crippen MR) is 125 cm³/mol. The number of hydrogen-bond donors (Lipinski definition) is 2. The Hall–Kier alpha value is -3.18.